The summed E-state index contributed by atoms with van der Waals surface area (Å²) in [7, 11) is 7.27. The van der Waals surface area contributed by atoms with Crippen LogP contribution in [0.3, 0.4) is 0 Å². The SMILES string of the molecule is COCCn1ccc2nc(N)nc(NC(C)c3cccnc3)c21.COCCn1ccc2nc(N)nc(NCc3cc(C4CC4)on3)c21.Cc1nc(NCc2cc(C)n(C)n2)c2c(ccn2Cc2ccccn2)n1.Cc1nc(NCc2cn(C)cn2)c2c(ccn2Cc2ccccn2)n1.Cc1nc(N[C@@H](C)c2ccccn2)c2c(ccn2Cc2ccccn2)n1.Cc1nc(N[C@H](C)c2ccccn2)c2c(ccn2Cc2ccccn2)n1. The van der Waals surface area contributed by atoms with Crippen molar-refractivity contribution in [2.75, 3.05) is 70.8 Å². The number of hydrogen-bond acceptors (Lipinski definition) is 33. The van der Waals surface area contributed by atoms with Gasteiger partial charge in [0, 0.05) is 152 Å². The largest absolute Gasteiger partial charge is 0.383 e. The Labute approximate surface area is 865 Å². The summed E-state index contributed by atoms with van der Waals surface area (Å²) in [5.74, 6) is 9.65. The first-order chi connectivity index (χ1) is 73.1. The summed E-state index contributed by atoms with van der Waals surface area (Å²) in [6.45, 7) is 23.0. The number of ether oxygens (including phenoxy) is 2. The number of hydrogen-bond donors (Lipinski definition) is 8. The molecule has 0 aromatic carbocycles. The summed E-state index contributed by atoms with van der Waals surface area (Å²) < 4.78 is 32.1. The molecule has 0 aliphatic heterocycles. The average molecular weight is 2010 g/mol. The van der Waals surface area contributed by atoms with Gasteiger partial charge in [-0.25, -0.2) is 54.8 Å². The molecule has 0 bridgehead atoms. The van der Waals surface area contributed by atoms with Crippen molar-refractivity contribution >= 4 is 113 Å². The van der Waals surface area contributed by atoms with E-state index in [4.69, 9.17) is 25.5 Å². The van der Waals surface area contributed by atoms with E-state index in [-0.39, 0.29) is 30.0 Å². The number of fused-ring (bicyclic) bond motifs is 6. The van der Waals surface area contributed by atoms with Crippen LogP contribution >= 0.6 is 0 Å². The smallest absolute Gasteiger partial charge is 0.222 e. The molecular weight excluding hydrogens is 1890 g/mol. The third kappa shape index (κ3) is 26.0. The lowest BCUT2D eigenvalue weighted by molar-refractivity contribution is 0.188. The van der Waals surface area contributed by atoms with Crippen LogP contribution in [0.1, 0.15) is 149 Å². The number of nitrogen functional groups attached to an aromatic ring is 2. The van der Waals surface area contributed by atoms with Gasteiger partial charge >= 0.3 is 0 Å². The molecule has 0 spiro atoms. The molecule has 22 aromatic rings. The number of nitrogens with zero attached hydrogens (tertiary/aromatic N) is 30. The lowest BCUT2D eigenvalue weighted by atomic mass is 10.1. The molecule has 1 saturated carbocycles. The summed E-state index contributed by atoms with van der Waals surface area (Å²) >= 11 is 0. The Hall–Kier alpha value is -18.3. The Balaban J connectivity index is 0.000000117. The van der Waals surface area contributed by atoms with Gasteiger partial charge in [0.05, 0.1) is 162 Å². The first-order valence-electron chi connectivity index (χ1n) is 49.4. The second-order valence-electron chi connectivity index (χ2n) is 36.2. The molecule has 23 rings (SSSR count). The predicted octanol–water partition coefficient (Wildman–Crippen LogP) is 17.2. The second-order valence-corrected chi connectivity index (χ2v) is 36.2. The molecule has 1 aliphatic carbocycles. The van der Waals surface area contributed by atoms with Crippen molar-refractivity contribution in [3.63, 3.8) is 0 Å². The van der Waals surface area contributed by atoms with Crippen LogP contribution in [0.15, 0.2) is 274 Å². The molecule has 22 aromatic heterocycles. The molecule has 10 N–H and O–H groups in total. The number of imidazole rings is 1. The highest BCUT2D eigenvalue weighted by Crippen LogP contribution is 2.41. The molecule has 22 heterocycles. The molecule has 41 nitrogen and oxygen atoms in total. The molecule has 41 heteroatoms. The van der Waals surface area contributed by atoms with Crippen molar-refractivity contribution < 1.29 is 14.0 Å². The maximum absolute atomic E-state index is 5.84. The molecule has 0 amide bonds. The average Bonchev–Trinajstić information content (AvgIpc) is 1.60. The van der Waals surface area contributed by atoms with E-state index in [0.29, 0.717) is 76.6 Å². The van der Waals surface area contributed by atoms with Crippen molar-refractivity contribution in [3.05, 3.63) is 361 Å². The van der Waals surface area contributed by atoms with Crippen molar-refractivity contribution in [2.24, 2.45) is 14.1 Å². The van der Waals surface area contributed by atoms with Gasteiger partial charge in [-0.1, -0.05) is 47.6 Å². The van der Waals surface area contributed by atoms with Crippen molar-refractivity contribution in [1.82, 2.24) is 147 Å². The van der Waals surface area contributed by atoms with Crippen LogP contribution in [-0.4, -0.2) is 174 Å². The highest BCUT2D eigenvalue weighted by molar-refractivity contribution is 5.91. The van der Waals surface area contributed by atoms with Gasteiger partial charge in [-0.3, -0.25) is 39.6 Å². The van der Waals surface area contributed by atoms with Crippen LogP contribution in [-0.2, 0) is 82.5 Å². The summed E-state index contributed by atoms with van der Waals surface area (Å²) in [4.78, 5) is 89.1. The van der Waals surface area contributed by atoms with Crippen molar-refractivity contribution in [2.45, 2.75) is 151 Å². The van der Waals surface area contributed by atoms with Gasteiger partial charge in [0.15, 0.2) is 34.9 Å². The van der Waals surface area contributed by atoms with Crippen LogP contribution in [0.5, 0.6) is 0 Å². The van der Waals surface area contributed by atoms with E-state index in [2.05, 4.69) is 196 Å². The predicted molar refractivity (Wildman–Crippen MR) is 580 cm³/mol. The molecule has 1 fully saturated rings. The van der Waals surface area contributed by atoms with Gasteiger partial charge in [0.2, 0.25) is 11.9 Å². The zero-order valence-electron chi connectivity index (χ0n) is 85.7. The normalized spacial score (nSPS) is 12.2. The standard InChI is InChI=1S/2C20H20N6.C19H21N7.C18H19N7.C16H20N6O2.C16H20N6O/c2*1-14(17-8-4-6-11-22-17)23-20-19-18(24-15(2)25-20)9-12-26(19)13-16-7-3-5-10-21-16;1-13-10-16(24-25(13)3)11-21-19-18-17(22-14(2)23-19)7-9-26(18)12-15-6-4-5-8-20-15;1-13-22-16-6-8-25(11-14-5-3-4-7-19-14)17(16)18(23-13)20-9-15-10-24(2)12-21-15;1-23-7-6-22-5-4-12-14(22)15(20-16(17)19-12)18-9-11-8-13(24-21-11)10-2-3-10;1-11(12-4-3-6-18-10-12)19-15-14-13(20-16(17)21-15)5-7-22(14)8-9-23-2/h2*3-12,14H,13H2,1-2H3,(H,23,24,25);4-10H,11-12H2,1-3H3,(H,21,22,23);3-8,10,12H,9,11H2,1-2H3,(H,20,22,23);4-5,8,10H,2-3,6-7,9H2,1H3,(H3,17,18,19,20);3-7,10-11H,8-9H2,1-2H3,(H3,17,19,20,21)/t2*14-;;;;/m10..../s1. The highest BCUT2D eigenvalue weighted by atomic mass is 16.5. The lowest BCUT2D eigenvalue weighted by Gasteiger charge is -2.16. The minimum absolute atomic E-state index is 0.0342. The van der Waals surface area contributed by atoms with E-state index in [1.54, 1.807) is 39.1 Å². The van der Waals surface area contributed by atoms with Gasteiger partial charge in [-0.2, -0.15) is 15.1 Å². The number of aryl methyl sites for hydroxylation is 7. The third-order valence-electron chi connectivity index (χ3n) is 24.7. The summed E-state index contributed by atoms with van der Waals surface area (Å²) in [6.07, 6.45) is 32.7. The van der Waals surface area contributed by atoms with Gasteiger partial charge in [-0.15, -0.1) is 0 Å². The minimum atomic E-state index is 0.0342. The van der Waals surface area contributed by atoms with Gasteiger partial charge in [-0.05, 0) is 195 Å². The number of nitrogens with one attached hydrogen (secondary N) is 6. The van der Waals surface area contributed by atoms with Crippen LogP contribution in [0.4, 0.5) is 46.8 Å². The maximum Gasteiger partial charge on any atom is 0.222 e. The molecule has 3 atom stereocenters. The quantitative estimate of drug-likeness (QED) is 0.0189. The number of anilines is 8. The molecule has 150 heavy (non-hydrogen) atoms. The topological polar surface area (TPSA) is 479 Å². The van der Waals surface area contributed by atoms with Gasteiger partial charge in [0.25, 0.3) is 0 Å². The molecule has 0 radical (unpaired) electrons. The molecule has 764 valence electrons. The molecule has 1 unspecified atom stereocenters. The number of nitrogens with two attached hydrogens (primary N) is 2. The number of pyridine rings is 7. The number of methoxy groups -OCH3 is 2. The fraction of sp³-hybridized carbons (Fsp3) is 0.266. The van der Waals surface area contributed by atoms with E-state index in [1.165, 1.54) is 12.8 Å². The van der Waals surface area contributed by atoms with Crippen molar-refractivity contribution in [3.8, 4) is 0 Å². The Kier molecular flexibility index (Phi) is 32.7. The first-order valence-corrected chi connectivity index (χ1v) is 49.4. The molecule has 0 saturated heterocycles. The summed E-state index contributed by atoms with van der Waals surface area (Å²) in [5, 5.41) is 29.2. The first kappa shape index (κ1) is 102. The zero-order chi connectivity index (χ0) is 104. The van der Waals surface area contributed by atoms with E-state index in [0.717, 1.165) is 194 Å². The minimum Gasteiger partial charge on any atom is -0.383 e. The lowest BCUT2D eigenvalue weighted by Crippen LogP contribution is -2.12. The van der Waals surface area contributed by atoms with E-state index < -0.39 is 0 Å². The highest BCUT2D eigenvalue weighted by Gasteiger charge is 2.29. The Morgan fingerprint density at radius 1 is 0.367 bits per heavy atom. The monoisotopic (exact) mass is 2010 g/mol. The van der Waals surface area contributed by atoms with Gasteiger partial charge in [0.1, 0.15) is 67.9 Å². The fourth-order valence-corrected chi connectivity index (χ4v) is 17.3. The third-order valence-corrected chi connectivity index (χ3v) is 24.7. The fourth-order valence-electron chi connectivity index (χ4n) is 17.3. The molecular formula is C109H120N38O3. The molecule has 1 aliphatic rings. The van der Waals surface area contributed by atoms with Crippen LogP contribution in [0.25, 0.3) is 66.2 Å². The Bertz CT molecular complexity index is 7980. The maximum atomic E-state index is 5.84. The second kappa shape index (κ2) is 48.2. The van der Waals surface area contributed by atoms with E-state index >= 15 is 0 Å². The van der Waals surface area contributed by atoms with E-state index in [1.807, 2.05) is 296 Å². The van der Waals surface area contributed by atoms with Gasteiger partial charge < -0.3 is 89.3 Å². The number of rotatable bonds is 33. The summed E-state index contributed by atoms with van der Waals surface area (Å²) in [5.41, 5.74) is 33.7. The van der Waals surface area contributed by atoms with Crippen LogP contribution in [0.2, 0.25) is 0 Å². The number of aromatic nitrogens is 30. The zero-order valence-corrected chi connectivity index (χ0v) is 85.7. The van der Waals surface area contributed by atoms with Crippen molar-refractivity contribution in [1.29, 1.82) is 0 Å². The van der Waals surface area contributed by atoms with Crippen LogP contribution in [0, 0.1) is 34.6 Å². The Morgan fingerprint density at radius 3 is 1.11 bits per heavy atom. The van der Waals surface area contributed by atoms with Crippen LogP contribution < -0.4 is 43.4 Å². The van der Waals surface area contributed by atoms with E-state index in [9.17, 15) is 0 Å². The Morgan fingerprint density at radius 2 is 0.733 bits per heavy atom. The summed E-state index contributed by atoms with van der Waals surface area (Å²) in [6, 6.07) is 55.6.